The van der Waals surface area contributed by atoms with E-state index >= 15 is 0 Å². The van der Waals surface area contributed by atoms with Gasteiger partial charge < -0.3 is 15.8 Å². The van der Waals surface area contributed by atoms with Crippen LogP contribution in [0.2, 0.25) is 0 Å². The Balaban J connectivity index is 2.24. The lowest BCUT2D eigenvalue weighted by Crippen LogP contribution is -2.55. The summed E-state index contributed by atoms with van der Waals surface area (Å²) in [5, 5.41) is 3.75. The molecule has 2 unspecified atom stereocenters. The first-order valence-electron chi connectivity index (χ1n) is 7.73. The molecule has 1 aromatic carbocycles. The summed E-state index contributed by atoms with van der Waals surface area (Å²) in [6, 6.07) is 8.16. The molecule has 2 atom stereocenters. The van der Waals surface area contributed by atoms with E-state index in [1.165, 1.54) is 19.3 Å². The molecule has 112 valence electrons. The molecule has 3 heteroatoms. The first-order chi connectivity index (χ1) is 9.61. The molecule has 1 saturated carbocycles. The van der Waals surface area contributed by atoms with Gasteiger partial charge in [-0.3, -0.25) is 0 Å². The van der Waals surface area contributed by atoms with Gasteiger partial charge in [-0.15, -0.1) is 0 Å². The van der Waals surface area contributed by atoms with Crippen LogP contribution in [0.25, 0.3) is 0 Å². The van der Waals surface area contributed by atoms with Gasteiger partial charge in [0.25, 0.3) is 0 Å². The molecule has 0 bridgehead atoms. The summed E-state index contributed by atoms with van der Waals surface area (Å²) in [5.74, 6) is 2.17. The maximum atomic E-state index is 6.19. The SMILES string of the molecule is COc1cccc(NC2(CN)CCCCC2C(C)C)c1. The molecule has 2 rings (SSSR count). The summed E-state index contributed by atoms with van der Waals surface area (Å²) in [4.78, 5) is 0. The van der Waals surface area contributed by atoms with E-state index in [4.69, 9.17) is 10.5 Å². The van der Waals surface area contributed by atoms with Gasteiger partial charge in [0.05, 0.1) is 12.6 Å². The van der Waals surface area contributed by atoms with Gasteiger partial charge >= 0.3 is 0 Å². The molecular formula is C17H28N2O. The van der Waals surface area contributed by atoms with Crippen LogP contribution in [0.15, 0.2) is 24.3 Å². The van der Waals surface area contributed by atoms with E-state index in [0.29, 0.717) is 18.4 Å². The minimum absolute atomic E-state index is 0.0266. The van der Waals surface area contributed by atoms with Crippen molar-refractivity contribution in [2.45, 2.75) is 45.1 Å². The van der Waals surface area contributed by atoms with Crippen LogP contribution in [0.1, 0.15) is 39.5 Å². The lowest BCUT2D eigenvalue weighted by atomic mass is 9.67. The minimum atomic E-state index is 0.0266. The van der Waals surface area contributed by atoms with E-state index in [-0.39, 0.29) is 5.54 Å². The van der Waals surface area contributed by atoms with E-state index in [2.05, 4.69) is 31.3 Å². The van der Waals surface area contributed by atoms with Crippen molar-refractivity contribution in [3.05, 3.63) is 24.3 Å². The van der Waals surface area contributed by atoms with Gasteiger partial charge in [0.1, 0.15) is 5.75 Å². The number of rotatable bonds is 5. The number of nitrogens with one attached hydrogen (secondary N) is 1. The van der Waals surface area contributed by atoms with Crippen LogP contribution in [-0.4, -0.2) is 19.2 Å². The van der Waals surface area contributed by atoms with Crippen LogP contribution in [0.3, 0.4) is 0 Å². The quantitative estimate of drug-likeness (QED) is 0.863. The molecule has 3 nitrogen and oxygen atoms in total. The fourth-order valence-electron chi connectivity index (χ4n) is 3.69. The maximum Gasteiger partial charge on any atom is 0.120 e. The molecule has 20 heavy (non-hydrogen) atoms. The Kier molecular flexibility index (Phi) is 4.92. The lowest BCUT2D eigenvalue weighted by Gasteiger charge is -2.47. The molecule has 1 aliphatic rings. The predicted molar refractivity (Wildman–Crippen MR) is 85.2 cm³/mol. The van der Waals surface area contributed by atoms with E-state index in [1.807, 2.05) is 12.1 Å². The first kappa shape index (κ1) is 15.2. The van der Waals surface area contributed by atoms with Crippen molar-refractivity contribution >= 4 is 5.69 Å². The molecule has 1 aliphatic carbocycles. The molecule has 0 spiro atoms. The smallest absolute Gasteiger partial charge is 0.120 e. The van der Waals surface area contributed by atoms with Gasteiger partial charge in [-0.1, -0.05) is 32.8 Å². The van der Waals surface area contributed by atoms with Crippen molar-refractivity contribution in [2.75, 3.05) is 19.0 Å². The highest BCUT2D eigenvalue weighted by molar-refractivity contribution is 5.50. The molecule has 0 heterocycles. The number of ether oxygens (including phenoxy) is 1. The highest BCUT2D eigenvalue weighted by Gasteiger charge is 2.41. The first-order valence-corrected chi connectivity index (χ1v) is 7.73. The number of hydrogen-bond donors (Lipinski definition) is 2. The van der Waals surface area contributed by atoms with Gasteiger partial charge in [0.2, 0.25) is 0 Å². The van der Waals surface area contributed by atoms with Crippen LogP contribution >= 0.6 is 0 Å². The van der Waals surface area contributed by atoms with Gasteiger partial charge in [-0.05, 0) is 36.8 Å². The molecule has 0 amide bonds. The van der Waals surface area contributed by atoms with Gasteiger partial charge in [-0.25, -0.2) is 0 Å². The van der Waals surface area contributed by atoms with Crippen molar-refractivity contribution in [3.8, 4) is 5.75 Å². The van der Waals surface area contributed by atoms with E-state index in [9.17, 15) is 0 Å². The van der Waals surface area contributed by atoms with Crippen molar-refractivity contribution < 1.29 is 4.74 Å². The van der Waals surface area contributed by atoms with Crippen LogP contribution in [0, 0.1) is 11.8 Å². The summed E-state index contributed by atoms with van der Waals surface area (Å²) in [7, 11) is 1.70. The molecule has 0 radical (unpaired) electrons. The van der Waals surface area contributed by atoms with Crippen LogP contribution in [0.5, 0.6) is 5.75 Å². The average Bonchev–Trinajstić information content (AvgIpc) is 2.47. The largest absolute Gasteiger partial charge is 0.497 e. The molecule has 0 saturated heterocycles. The normalized spacial score (nSPS) is 26.6. The maximum absolute atomic E-state index is 6.19. The summed E-state index contributed by atoms with van der Waals surface area (Å²) < 4.78 is 5.31. The van der Waals surface area contributed by atoms with Gasteiger partial charge in [-0.2, -0.15) is 0 Å². The van der Waals surface area contributed by atoms with Crippen molar-refractivity contribution in [3.63, 3.8) is 0 Å². The van der Waals surface area contributed by atoms with Crippen LogP contribution in [-0.2, 0) is 0 Å². The van der Waals surface area contributed by atoms with E-state index < -0.39 is 0 Å². The predicted octanol–water partition coefficient (Wildman–Crippen LogP) is 3.65. The summed E-state index contributed by atoms with van der Waals surface area (Å²) in [6.07, 6.45) is 5.01. The molecule has 0 aliphatic heterocycles. The zero-order chi connectivity index (χ0) is 14.6. The number of hydrogen-bond acceptors (Lipinski definition) is 3. The third-order valence-electron chi connectivity index (χ3n) is 4.73. The number of methoxy groups -OCH3 is 1. The second kappa shape index (κ2) is 6.49. The number of benzene rings is 1. The highest BCUT2D eigenvalue weighted by atomic mass is 16.5. The van der Waals surface area contributed by atoms with E-state index in [0.717, 1.165) is 17.9 Å². The summed E-state index contributed by atoms with van der Waals surface area (Å²) >= 11 is 0. The van der Waals surface area contributed by atoms with Gasteiger partial charge in [0, 0.05) is 18.3 Å². The Hall–Kier alpha value is -1.22. The van der Waals surface area contributed by atoms with Crippen LogP contribution < -0.4 is 15.8 Å². The fourth-order valence-corrected chi connectivity index (χ4v) is 3.69. The Bertz CT molecular complexity index is 433. The molecule has 1 fully saturated rings. The lowest BCUT2D eigenvalue weighted by molar-refractivity contribution is 0.166. The summed E-state index contributed by atoms with van der Waals surface area (Å²) in [6.45, 7) is 5.31. The van der Waals surface area contributed by atoms with Crippen molar-refractivity contribution in [1.29, 1.82) is 0 Å². The monoisotopic (exact) mass is 276 g/mol. The number of nitrogens with two attached hydrogens (primary N) is 1. The zero-order valence-corrected chi connectivity index (χ0v) is 13.0. The molecule has 3 N–H and O–H groups in total. The van der Waals surface area contributed by atoms with Crippen LogP contribution in [0.4, 0.5) is 5.69 Å². The van der Waals surface area contributed by atoms with Crippen molar-refractivity contribution in [2.24, 2.45) is 17.6 Å². The topological polar surface area (TPSA) is 47.3 Å². The fraction of sp³-hybridized carbons (Fsp3) is 0.647. The second-order valence-corrected chi connectivity index (χ2v) is 6.31. The molecular weight excluding hydrogens is 248 g/mol. The standard InChI is InChI=1S/C17H28N2O/c1-13(2)16-9-4-5-10-17(16,12-18)19-14-7-6-8-15(11-14)20-3/h6-8,11,13,16,19H,4-5,9-10,12,18H2,1-3H3. The number of anilines is 1. The Morgan fingerprint density at radius 1 is 1.40 bits per heavy atom. The van der Waals surface area contributed by atoms with Gasteiger partial charge in [0.15, 0.2) is 0 Å². The Labute approximate surface area is 122 Å². The second-order valence-electron chi connectivity index (χ2n) is 6.31. The zero-order valence-electron chi connectivity index (χ0n) is 13.0. The Morgan fingerprint density at radius 3 is 2.85 bits per heavy atom. The van der Waals surface area contributed by atoms with Crippen molar-refractivity contribution in [1.82, 2.24) is 0 Å². The average molecular weight is 276 g/mol. The molecule has 0 aromatic heterocycles. The third kappa shape index (κ3) is 3.09. The highest BCUT2D eigenvalue weighted by Crippen LogP contribution is 2.40. The third-order valence-corrected chi connectivity index (χ3v) is 4.73. The van der Waals surface area contributed by atoms with E-state index in [1.54, 1.807) is 7.11 Å². The minimum Gasteiger partial charge on any atom is -0.497 e. The molecule has 1 aromatic rings. The summed E-state index contributed by atoms with van der Waals surface area (Å²) in [5.41, 5.74) is 7.33. The Morgan fingerprint density at radius 2 is 2.20 bits per heavy atom.